The Hall–Kier alpha value is -2.64. The van der Waals surface area contributed by atoms with Crippen molar-refractivity contribution in [3.05, 3.63) is 50.6 Å². The highest BCUT2D eigenvalue weighted by atomic mass is 16.2. The Balaban J connectivity index is 2.13. The summed E-state index contributed by atoms with van der Waals surface area (Å²) >= 11 is 0. The minimum atomic E-state index is -0.504. The fraction of sp³-hybridized carbons (Fsp3) is 0.429. The summed E-state index contributed by atoms with van der Waals surface area (Å²) in [6.07, 6.45) is 3.57. The van der Waals surface area contributed by atoms with Gasteiger partial charge in [0, 0.05) is 32.1 Å². The number of aromatic amines is 1. The Morgan fingerprint density at radius 3 is 2.73 bits per heavy atom. The third-order valence-corrected chi connectivity index (χ3v) is 3.56. The van der Waals surface area contributed by atoms with Crippen molar-refractivity contribution in [2.24, 2.45) is 14.1 Å². The molecule has 2 heterocycles. The lowest BCUT2D eigenvalue weighted by Gasteiger charge is -2.17. The smallest absolute Gasteiger partial charge is 0.328 e. The number of hydrogen-bond donors (Lipinski definition) is 2. The van der Waals surface area contributed by atoms with Crippen LogP contribution in [0.4, 0.5) is 0 Å². The number of rotatable bonds is 5. The lowest BCUT2D eigenvalue weighted by Crippen LogP contribution is -2.37. The van der Waals surface area contributed by atoms with E-state index in [2.05, 4.69) is 15.4 Å². The number of carbonyl (C=O) groups is 1. The second-order valence-corrected chi connectivity index (χ2v) is 5.07. The molecule has 0 aliphatic rings. The number of aryl methyl sites for hydroxylation is 1. The van der Waals surface area contributed by atoms with E-state index in [1.165, 1.54) is 13.2 Å². The van der Waals surface area contributed by atoms with Crippen LogP contribution in [0.2, 0.25) is 0 Å². The molecule has 0 unspecified atom stereocenters. The zero-order valence-corrected chi connectivity index (χ0v) is 12.8. The maximum absolute atomic E-state index is 12.2. The summed E-state index contributed by atoms with van der Waals surface area (Å²) in [5, 5.41) is 6.96. The average molecular weight is 305 g/mol. The Labute approximate surface area is 126 Å². The van der Waals surface area contributed by atoms with Gasteiger partial charge in [-0.05, 0) is 12.5 Å². The summed E-state index contributed by atoms with van der Waals surface area (Å²) in [5.74, 6) is -0.280. The molecule has 0 fully saturated rings. The quantitative estimate of drug-likeness (QED) is 0.786. The molecule has 1 amide bonds. The summed E-state index contributed by atoms with van der Waals surface area (Å²) in [6.45, 7) is 1.96. The van der Waals surface area contributed by atoms with E-state index >= 15 is 0 Å². The van der Waals surface area contributed by atoms with Crippen molar-refractivity contribution in [2.45, 2.75) is 25.8 Å². The standard InChI is InChI=1S/C14H19N5O3/c1-4-10(11-5-6-16-19(11)3)17-12(20)7-9-8-15-14(22)18(2)13(9)21/h5-6,8,10H,4,7H2,1-3H3,(H,15,22)(H,17,20)/t10-/m1/s1. The summed E-state index contributed by atoms with van der Waals surface area (Å²) < 4.78 is 2.65. The van der Waals surface area contributed by atoms with Crippen LogP contribution < -0.4 is 16.6 Å². The fourth-order valence-electron chi connectivity index (χ4n) is 2.27. The topological polar surface area (TPSA) is 102 Å². The zero-order valence-electron chi connectivity index (χ0n) is 12.8. The van der Waals surface area contributed by atoms with E-state index in [4.69, 9.17) is 0 Å². The summed E-state index contributed by atoms with van der Waals surface area (Å²) in [5.41, 5.74) is 0.174. The van der Waals surface area contributed by atoms with Gasteiger partial charge in [-0.2, -0.15) is 5.10 Å². The molecular formula is C14H19N5O3. The van der Waals surface area contributed by atoms with E-state index in [0.29, 0.717) is 6.42 Å². The van der Waals surface area contributed by atoms with E-state index in [9.17, 15) is 14.4 Å². The fourth-order valence-corrected chi connectivity index (χ4v) is 2.27. The molecule has 0 radical (unpaired) electrons. The van der Waals surface area contributed by atoms with Crippen LogP contribution in [-0.4, -0.2) is 25.2 Å². The highest BCUT2D eigenvalue weighted by Crippen LogP contribution is 2.15. The van der Waals surface area contributed by atoms with E-state index in [-0.39, 0.29) is 23.9 Å². The van der Waals surface area contributed by atoms with Gasteiger partial charge in [-0.1, -0.05) is 6.92 Å². The number of nitrogens with one attached hydrogen (secondary N) is 2. The first-order valence-corrected chi connectivity index (χ1v) is 6.98. The molecule has 2 N–H and O–H groups in total. The monoisotopic (exact) mass is 305 g/mol. The van der Waals surface area contributed by atoms with Crippen molar-refractivity contribution in [2.75, 3.05) is 0 Å². The van der Waals surface area contributed by atoms with E-state index in [0.717, 1.165) is 10.3 Å². The first-order valence-electron chi connectivity index (χ1n) is 6.98. The van der Waals surface area contributed by atoms with Gasteiger partial charge in [-0.25, -0.2) is 4.79 Å². The number of carbonyl (C=O) groups excluding carboxylic acids is 1. The normalized spacial score (nSPS) is 12.1. The van der Waals surface area contributed by atoms with Crippen LogP contribution in [-0.2, 0) is 25.3 Å². The van der Waals surface area contributed by atoms with Crippen LogP contribution in [0.15, 0.2) is 28.0 Å². The Kier molecular flexibility index (Phi) is 4.59. The highest BCUT2D eigenvalue weighted by molar-refractivity contribution is 5.78. The van der Waals surface area contributed by atoms with Gasteiger partial charge in [0.1, 0.15) is 0 Å². The second-order valence-electron chi connectivity index (χ2n) is 5.07. The molecule has 0 bridgehead atoms. The maximum atomic E-state index is 12.2. The number of aromatic nitrogens is 4. The molecule has 0 aromatic carbocycles. The van der Waals surface area contributed by atoms with Crippen LogP contribution in [0.3, 0.4) is 0 Å². The van der Waals surface area contributed by atoms with Gasteiger partial charge in [0.05, 0.1) is 18.2 Å². The largest absolute Gasteiger partial charge is 0.347 e. The minimum Gasteiger partial charge on any atom is -0.347 e. The molecule has 0 saturated carbocycles. The van der Waals surface area contributed by atoms with Crippen LogP contribution in [0, 0.1) is 0 Å². The van der Waals surface area contributed by atoms with Crippen molar-refractivity contribution in [3.8, 4) is 0 Å². The molecule has 0 spiro atoms. The van der Waals surface area contributed by atoms with Crippen molar-refractivity contribution >= 4 is 5.91 Å². The third-order valence-electron chi connectivity index (χ3n) is 3.56. The Morgan fingerprint density at radius 1 is 1.41 bits per heavy atom. The summed E-state index contributed by atoms with van der Waals surface area (Å²) in [7, 11) is 3.18. The van der Waals surface area contributed by atoms with Crippen molar-refractivity contribution < 1.29 is 4.79 Å². The van der Waals surface area contributed by atoms with Crippen LogP contribution in [0.1, 0.15) is 30.6 Å². The highest BCUT2D eigenvalue weighted by Gasteiger charge is 2.17. The van der Waals surface area contributed by atoms with E-state index < -0.39 is 11.2 Å². The van der Waals surface area contributed by atoms with Crippen molar-refractivity contribution in [1.82, 2.24) is 24.6 Å². The van der Waals surface area contributed by atoms with Gasteiger partial charge in [-0.3, -0.25) is 18.8 Å². The Bertz CT molecular complexity index is 786. The molecule has 0 saturated heterocycles. The maximum Gasteiger partial charge on any atom is 0.328 e. The summed E-state index contributed by atoms with van der Waals surface area (Å²) in [4.78, 5) is 37.8. The molecule has 8 nitrogen and oxygen atoms in total. The molecule has 1 atom stereocenters. The minimum absolute atomic E-state index is 0.0855. The van der Waals surface area contributed by atoms with Gasteiger partial charge in [0.2, 0.25) is 5.91 Å². The lowest BCUT2D eigenvalue weighted by molar-refractivity contribution is -0.121. The van der Waals surface area contributed by atoms with E-state index in [1.54, 1.807) is 10.9 Å². The van der Waals surface area contributed by atoms with Crippen molar-refractivity contribution in [1.29, 1.82) is 0 Å². The second kappa shape index (κ2) is 6.42. The predicted octanol–water partition coefficient (Wildman–Crippen LogP) is -0.383. The first-order chi connectivity index (χ1) is 10.4. The number of amides is 1. The molecule has 0 aliphatic carbocycles. The predicted molar refractivity (Wildman–Crippen MR) is 80.4 cm³/mol. The molecule has 2 aromatic heterocycles. The van der Waals surface area contributed by atoms with Crippen LogP contribution in [0.25, 0.3) is 0 Å². The number of H-pyrrole nitrogens is 1. The Morgan fingerprint density at radius 2 is 2.14 bits per heavy atom. The number of nitrogens with zero attached hydrogens (tertiary/aromatic N) is 3. The molecule has 8 heteroatoms. The van der Waals surface area contributed by atoms with Gasteiger partial charge >= 0.3 is 5.69 Å². The molecule has 22 heavy (non-hydrogen) atoms. The van der Waals surface area contributed by atoms with Gasteiger partial charge in [0.25, 0.3) is 5.56 Å². The average Bonchev–Trinajstić information content (AvgIpc) is 2.91. The molecule has 2 rings (SSSR count). The molecule has 0 aliphatic heterocycles. The molecule has 2 aromatic rings. The molecule has 118 valence electrons. The van der Waals surface area contributed by atoms with Gasteiger partial charge < -0.3 is 10.3 Å². The first kappa shape index (κ1) is 15.7. The van der Waals surface area contributed by atoms with Crippen LogP contribution in [0.5, 0.6) is 0 Å². The SMILES string of the molecule is CC[C@@H](NC(=O)Cc1c[nH]c(=O)n(C)c1=O)c1ccnn1C. The lowest BCUT2D eigenvalue weighted by atomic mass is 10.1. The van der Waals surface area contributed by atoms with E-state index in [1.807, 2.05) is 20.0 Å². The van der Waals surface area contributed by atoms with Gasteiger partial charge in [0.15, 0.2) is 0 Å². The molecular weight excluding hydrogens is 286 g/mol. The number of hydrogen-bond acceptors (Lipinski definition) is 4. The third kappa shape index (κ3) is 3.16. The zero-order chi connectivity index (χ0) is 16.3. The van der Waals surface area contributed by atoms with Gasteiger partial charge in [-0.15, -0.1) is 0 Å². The van der Waals surface area contributed by atoms with Crippen LogP contribution >= 0.6 is 0 Å². The summed E-state index contributed by atoms with van der Waals surface area (Å²) in [6, 6.07) is 1.67. The van der Waals surface area contributed by atoms with Crippen molar-refractivity contribution in [3.63, 3.8) is 0 Å².